The second-order valence-electron chi connectivity index (χ2n) is 7.82. The molecular weight excluding hydrogens is 306 g/mol. The SMILES string of the molecule is CC(C)(C)NC(=O)CN1CCC(CN=C(N)N2CCOCC2)CC1. The van der Waals surface area contributed by atoms with E-state index in [-0.39, 0.29) is 11.4 Å². The fourth-order valence-corrected chi connectivity index (χ4v) is 3.10. The van der Waals surface area contributed by atoms with Crippen LogP contribution in [0.1, 0.15) is 33.6 Å². The number of guanidine groups is 1. The number of likely N-dealkylation sites (tertiary alicyclic amines) is 1. The first-order valence-electron chi connectivity index (χ1n) is 8.99. The molecule has 0 radical (unpaired) electrons. The van der Waals surface area contributed by atoms with Gasteiger partial charge in [0.15, 0.2) is 5.96 Å². The zero-order valence-electron chi connectivity index (χ0n) is 15.4. The summed E-state index contributed by atoms with van der Waals surface area (Å²) >= 11 is 0. The molecule has 0 aromatic heterocycles. The maximum Gasteiger partial charge on any atom is 0.234 e. The molecule has 2 aliphatic heterocycles. The first-order valence-corrected chi connectivity index (χ1v) is 8.99. The van der Waals surface area contributed by atoms with Crippen molar-refractivity contribution in [2.24, 2.45) is 16.6 Å². The molecule has 24 heavy (non-hydrogen) atoms. The Labute approximate surface area is 145 Å². The largest absolute Gasteiger partial charge is 0.378 e. The van der Waals surface area contributed by atoms with E-state index in [0.29, 0.717) is 18.4 Å². The Morgan fingerprint density at radius 1 is 1.21 bits per heavy atom. The van der Waals surface area contributed by atoms with Crippen molar-refractivity contribution < 1.29 is 9.53 Å². The van der Waals surface area contributed by atoms with Gasteiger partial charge in [0.2, 0.25) is 5.91 Å². The molecule has 2 rings (SSSR count). The summed E-state index contributed by atoms with van der Waals surface area (Å²) in [6, 6.07) is 0. The van der Waals surface area contributed by atoms with E-state index >= 15 is 0 Å². The summed E-state index contributed by atoms with van der Waals surface area (Å²) in [5.41, 5.74) is 5.91. The average molecular weight is 339 g/mol. The van der Waals surface area contributed by atoms with E-state index in [4.69, 9.17) is 10.5 Å². The molecule has 3 N–H and O–H groups in total. The number of rotatable bonds is 4. The van der Waals surface area contributed by atoms with Crippen molar-refractivity contribution in [3.63, 3.8) is 0 Å². The first-order chi connectivity index (χ1) is 11.3. The molecule has 2 heterocycles. The standard InChI is InChI=1S/C17H33N5O2/c1-17(2,3)20-15(23)13-21-6-4-14(5-7-21)12-19-16(18)22-8-10-24-11-9-22/h14H,4-13H2,1-3H3,(H2,18,19)(H,20,23). The van der Waals surface area contributed by atoms with Crippen LogP contribution in [0.2, 0.25) is 0 Å². The van der Waals surface area contributed by atoms with Crippen LogP contribution in [-0.2, 0) is 9.53 Å². The number of carbonyl (C=O) groups is 1. The third-order valence-corrected chi connectivity index (χ3v) is 4.44. The predicted molar refractivity (Wildman–Crippen MR) is 95.9 cm³/mol. The molecule has 0 aromatic rings. The Bertz CT molecular complexity index is 433. The highest BCUT2D eigenvalue weighted by Gasteiger charge is 2.22. The van der Waals surface area contributed by atoms with E-state index in [0.717, 1.165) is 58.8 Å². The van der Waals surface area contributed by atoms with Crippen LogP contribution in [0.3, 0.4) is 0 Å². The molecule has 0 atom stereocenters. The lowest BCUT2D eigenvalue weighted by Crippen LogP contribution is -2.47. The van der Waals surface area contributed by atoms with Crippen LogP contribution in [-0.4, -0.2) is 79.7 Å². The number of amides is 1. The molecule has 2 aliphatic rings. The number of nitrogens with zero attached hydrogens (tertiary/aromatic N) is 3. The zero-order chi connectivity index (χ0) is 17.6. The van der Waals surface area contributed by atoms with E-state index in [9.17, 15) is 4.79 Å². The van der Waals surface area contributed by atoms with Gasteiger partial charge in [0.05, 0.1) is 19.8 Å². The summed E-state index contributed by atoms with van der Waals surface area (Å²) in [7, 11) is 0. The highest BCUT2D eigenvalue weighted by atomic mass is 16.5. The first kappa shape index (κ1) is 19.0. The van der Waals surface area contributed by atoms with Gasteiger partial charge in [-0.15, -0.1) is 0 Å². The molecule has 7 heteroatoms. The van der Waals surface area contributed by atoms with Gasteiger partial charge >= 0.3 is 0 Å². The van der Waals surface area contributed by atoms with Crippen LogP contribution in [0.15, 0.2) is 4.99 Å². The van der Waals surface area contributed by atoms with Crippen molar-refractivity contribution in [3.05, 3.63) is 0 Å². The number of hydrogen-bond acceptors (Lipinski definition) is 4. The van der Waals surface area contributed by atoms with Crippen molar-refractivity contribution in [2.45, 2.75) is 39.2 Å². The molecule has 2 fully saturated rings. The lowest BCUT2D eigenvalue weighted by molar-refractivity contribution is -0.124. The van der Waals surface area contributed by atoms with E-state index in [1.807, 2.05) is 20.8 Å². The third kappa shape index (κ3) is 6.65. The van der Waals surface area contributed by atoms with Crippen molar-refractivity contribution in [1.82, 2.24) is 15.1 Å². The van der Waals surface area contributed by atoms with Gasteiger partial charge in [-0.2, -0.15) is 0 Å². The molecule has 7 nitrogen and oxygen atoms in total. The van der Waals surface area contributed by atoms with Crippen LogP contribution < -0.4 is 11.1 Å². The summed E-state index contributed by atoms with van der Waals surface area (Å²) in [5.74, 6) is 1.31. The lowest BCUT2D eigenvalue weighted by Gasteiger charge is -2.32. The highest BCUT2D eigenvalue weighted by Crippen LogP contribution is 2.17. The van der Waals surface area contributed by atoms with E-state index in [1.165, 1.54) is 0 Å². The van der Waals surface area contributed by atoms with Crippen LogP contribution in [0.5, 0.6) is 0 Å². The molecule has 138 valence electrons. The van der Waals surface area contributed by atoms with E-state index in [1.54, 1.807) is 0 Å². The Balaban J connectivity index is 1.68. The second kappa shape index (κ2) is 8.67. The minimum Gasteiger partial charge on any atom is -0.378 e. The maximum absolute atomic E-state index is 12.0. The average Bonchev–Trinajstić information content (AvgIpc) is 2.53. The summed E-state index contributed by atoms with van der Waals surface area (Å²) in [4.78, 5) is 20.9. The number of piperidine rings is 1. The summed E-state index contributed by atoms with van der Waals surface area (Å²) in [6.45, 7) is 12.3. The fraction of sp³-hybridized carbons (Fsp3) is 0.882. The number of hydrogen-bond donors (Lipinski definition) is 2. The van der Waals surface area contributed by atoms with E-state index < -0.39 is 0 Å². The summed E-state index contributed by atoms with van der Waals surface area (Å²) in [6.07, 6.45) is 2.14. The van der Waals surface area contributed by atoms with Crippen LogP contribution in [0.4, 0.5) is 0 Å². The Kier molecular flexibility index (Phi) is 6.86. The topological polar surface area (TPSA) is 83.2 Å². The molecule has 0 aromatic carbocycles. The molecule has 2 saturated heterocycles. The van der Waals surface area contributed by atoms with Gasteiger partial charge < -0.3 is 20.7 Å². The van der Waals surface area contributed by atoms with Crippen molar-refractivity contribution in [1.29, 1.82) is 0 Å². The Morgan fingerprint density at radius 2 is 1.83 bits per heavy atom. The summed E-state index contributed by atoms with van der Waals surface area (Å²) in [5, 5.41) is 3.02. The number of morpholine rings is 1. The lowest BCUT2D eigenvalue weighted by atomic mass is 9.97. The number of ether oxygens (including phenoxy) is 1. The number of carbonyl (C=O) groups excluding carboxylic acids is 1. The monoisotopic (exact) mass is 339 g/mol. The second-order valence-corrected chi connectivity index (χ2v) is 7.82. The highest BCUT2D eigenvalue weighted by molar-refractivity contribution is 5.79. The molecule has 1 amide bonds. The predicted octanol–water partition coefficient (Wildman–Crippen LogP) is 0.260. The summed E-state index contributed by atoms with van der Waals surface area (Å²) < 4.78 is 5.33. The number of nitrogens with one attached hydrogen (secondary N) is 1. The zero-order valence-corrected chi connectivity index (χ0v) is 15.4. The number of nitrogens with two attached hydrogens (primary N) is 1. The molecule has 0 spiro atoms. The van der Waals surface area contributed by atoms with Gasteiger partial charge in [0.25, 0.3) is 0 Å². The number of aliphatic imine (C=N–C) groups is 1. The van der Waals surface area contributed by atoms with Gasteiger partial charge in [-0.05, 0) is 52.6 Å². The van der Waals surface area contributed by atoms with Gasteiger partial charge in [-0.25, -0.2) is 0 Å². The van der Waals surface area contributed by atoms with Crippen molar-refractivity contribution in [2.75, 3.05) is 52.5 Å². The van der Waals surface area contributed by atoms with Crippen LogP contribution >= 0.6 is 0 Å². The van der Waals surface area contributed by atoms with Gasteiger partial charge in [0, 0.05) is 25.2 Å². The smallest absolute Gasteiger partial charge is 0.234 e. The Hall–Kier alpha value is -1.34. The van der Waals surface area contributed by atoms with Crippen molar-refractivity contribution in [3.8, 4) is 0 Å². The normalized spacial score (nSPS) is 21.8. The molecular formula is C17H33N5O2. The quantitative estimate of drug-likeness (QED) is 0.567. The van der Waals surface area contributed by atoms with Crippen molar-refractivity contribution >= 4 is 11.9 Å². The fourth-order valence-electron chi connectivity index (χ4n) is 3.10. The minimum atomic E-state index is -0.166. The molecule has 0 unspecified atom stereocenters. The Morgan fingerprint density at radius 3 is 2.42 bits per heavy atom. The van der Waals surface area contributed by atoms with Gasteiger partial charge in [-0.1, -0.05) is 0 Å². The molecule has 0 aliphatic carbocycles. The maximum atomic E-state index is 12.0. The third-order valence-electron chi connectivity index (χ3n) is 4.44. The minimum absolute atomic E-state index is 0.107. The molecule has 0 bridgehead atoms. The van der Waals surface area contributed by atoms with Crippen LogP contribution in [0.25, 0.3) is 0 Å². The van der Waals surface area contributed by atoms with Gasteiger partial charge in [-0.3, -0.25) is 14.7 Å². The van der Waals surface area contributed by atoms with Gasteiger partial charge in [0.1, 0.15) is 0 Å². The van der Waals surface area contributed by atoms with E-state index in [2.05, 4.69) is 20.1 Å². The van der Waals surface area contributed by atoms with Crippen LogP contribution in [0, 0.1) is 5.92 Å². The molecule has 0 saturated carbocycles.